The molecule has 0 bridgehead atoms. The van der Waals surface area contributed by atoms with Gasteiger partial charge in [0, 0.05) is 5.02 Å². The molecule has 1 amide bonds. The average Bonchev–Trinajstić information content (AvgIpc) is 2.41. The molecule has 0 saturated heterocycles. The van der Waals surface area contributed by atoms with E-state index in [9.17, 15) is 13.2 Å². The van der Waals surface area contributed by atoms with Crippen LogP contribution in [0.4, 0.5) is 5.69 Å². The van der Waals surface area contributed by atoms with Crippen LogP contribution in [0.15, 0.2) is 47.4 Å². The minimum Gasteiger partial charge on any atom is -0.324 e. The van der Waals surface area contributed by atoms with Crippen molar-refractivity contribution in [1.82, 2.24) is 0 Å². The van der Waals surface area contributed by atoms with Gasteiger partial charge in [0.15, 0.2) is 9.84 Å². The third kappa shape index (κ3) is 4.14. The fourth-order valence-corrected chi connectivity index (χ4v) is 3.89. The molecule has 0 aliphatic rings. The number of sulfone groups is 1. The Bertz CT molecular complexity index is 822. The van der Waals surface area contributed by atoms with E-state index in [1.807, 2.05) is 0 Å². The number of amides is 1. The zero-order valence-electron chi connectivity index (χ0n) is 11.0. The molecule has 1 N–H and O–H groups in total. The molecular formula is C14H10Cl3NO3S. The Morgan fingerprint density at radius 2 is 1.68 bits per heavy atom. The lowest BCUT2D eigenvalue weighted by atomic mass is 10.3. The van der Waals surface area contributed by atoms with E-state index in [0.717, 1.165) is 0 Å². The first kappa shape index (κ1) is 17.1. The summed E-state index contributed by atoms with van der Waals surface area (Å²) in [7, 11) is -3.84. The monoisotopic (exact) mass is 377 g/mol. The van der Waals surface area contributed by atoms with E-state index in [0.29, 0.717) is 5.02 Å². The van der Waals surface area contributed by atoms with Crippen LogP contribution >= 0.6 is 34.8 Å². The smallest absolute Gasteiger partial charge is 0.240 e. The highest BCUT2D eigenvalue weighted by Crippen LogP contribution is 2.26. The van der Waals surface area contributed by atoms with Crippen molar-refractivity contribution in [2.45, 2.75) is 4.90 Å². The number of nitrogens with one attached hydrogen (secondary N) is 1. The molecule has 0 unspecified atom stereocenters. The van der Waals surface area contributed by atoms with E-state index in [2.05, 4.69) is 5.32 Å². The van der Waals surface area contributed by atoms with Crippen molar-refractivity contribution in [1.29, 1.82) is 0 Å². The van der Waals surface area contributed by atoms with Crippen LogP contribution < -0.4 is 5.32 Å². The number of anilines is 1. The van der Waals surface area contributed by atoms with Crippen LogP contribution in [-0.2, 0) is 14.6 Å². The maximum Gasteiger partial charge on any atom is 0.240 e. The molecule has 2 rings (SSSR count). The minimum atomic E-state index is -3.84. The van der Waals surface area contributed by atoms with Gasteiger partial charge in [-0.25, -0.2) is 8.42 Å². The van der Waals surface area contributed by atoms with Crippen LogP contribution in [0.2, 0.25) is 15.1 Å². The highest BCUT2D eigenvalue weighted by molar-refractivity contribution is 7.92. The molecule has 22 heavy (non-hydrogen) atoms. The average molecular weight is 379 g/mol. The van der Waals surface area contributed by atoms with Gasteiger partial charge in [0.05, 0.1) is 20.6 Å². The van der Waals surface area contributed by atoms with E-state index in [1.165, 1.54) is 36.4 Å². The molecule has 0 fully saturated rings. The summed E-state index contributed by atoms with van der Waals surface area (Å²) >= 11 is 17.5. The predicted molar refractivity (Wildman–Crippen MR) is 88.6 cm³/mol. The van der Waals surface area contributed by atoms with Gasteiger partial charge < -0.3 is 5.32 Å². The second kappa shape index (κ2) is 6.87. The summed E-state index contributed by atoms with van der Waals surface area (Å²) in [5.41, 5.74) is 0.283. The Kier molecular flexibility index (Phi) is 5.34. The van der Waals surface area contributed by atoms with Gasteiger partial charge in [-0.05, 0) is 30.3 Å². The summed E-state index contributed by atoms with van der Waals surface area (Å²) in [6.07, 6.45) is 0. The Hall–Kier alpha value is -1.27. The van der Waals surface area contributed by atoms with Crippen molar-refractivity contribution in [2.24, 2.45) is 0 Å². The summed E-state index contributed by atoms with van der Waals surface area (Å²) in [6.45, 7) is 0. The molecule has 116 valence electrons. The fourth-order valence-electron chi connectivity index (χ4n) is 1.72. The van der Waals surface area contributed by atoms with Crippen LogP contribution in [0.1, 0.15) is 0 Å². The number of hydrogen-bond donors (Lipinski definition) is 1. The highest BCUT2D eigenvalue weighted by atomic mass is 35.5. The molecule has 0 spiro atoms. The van der Waals surface area contributed by atoms with E-state index >= 15 is 0 Å². The molecule has 4 nitrogen and oxygen atoms in total. The normalized spacial score (nSPS) is 11.2. The largest absolute Gasteiger partial charge is 0.324 e. The standard InChI is InChI=1S/C14H10Cl3NO3S/c15-9-5-6-12(11(17)7-9)18-14(19)8-22(20,21)13-4-2-1-3-10(13)16/h1-7H,8H2,(H,18,19). The van der Waals surface area contributed by atoms with E-state index in [4.69, 9.17) is 34.8 Å². The maximum atomic E-state index is 12.2. The zero-order valence-corrected chi connectivity index (χ0v) is 14.1. The molecule has 0 aliphatic heterocycles. The third-order valence-electron chi connectivity index (χ3n) is 2.70. The number of carbonyl (C=O) groups is 1. The van der Waals surface area contributed by atoms with Crippen molar-refractivity contribution in [3.05, 3.63) is 57.5 Å². The summed E-state index contributed by atoms with van der Waals surface area (Å²) in [4.78, 5) is 11.8. The van der Waals surface area contributed by atoms with Gasteiger partial charge in [-0.15, -0.1) is 0 Å². The molecule has 0 radical (unpaired) electrons. The molecule has 2 aromatic rings. The number of halogens is 3. The second-order valence-electron chi connectivity index (χ2n) is 4.36. The lowest BCUT2D eigenvalue weighted by Crippen LogP contribution is -2.23. The number of hydrogen-bond acceptors (Lipinski definition) is 3. The first-order valence-corrected chi connectivity index (χ1v) is 8.80. The quantitative estimate of drug-likeness (QED) is 0.872. The fraction of sp³-hybridized carbons (Fsp3) is 0.0714. The Morgan fingerprint density at radius 1 is 1.00 bits per heavy atom. The van der Waals surface area contributed by atoms with Gasteiger partial charge in [0.25, 0.3) is 0 Å². The number of rotatable bonds is 4. The van der Waals surface area contributed by atoms with Crippen LogP contribution in [0, 0.1) is 0 Å². The van der Waals surface area contributed by atoms with Crippen LogP contribution in [0.3, 0.4) is 0 Å². The molecule has 8 heteroatoms. The minimum absolute atomic E-state index is 0.0693. The van der Waals surface area contributed by atoms with Crippen molar-refractivity contribution in [2.75, 3.05) is 11.1 Å². The number of carbonyl (C=O) groups excluding carboxylic acids is 1. The van der Waals surface area contributed by atoms with Gasteiger partial charge in [0.2, 0.25) is 5.91 Å². The highest BCUT2D eigenvalue weighted by Gasteiger charge is 2.22. The van der Waals surface area contributed by atoms with E-state index in [-0.39, 0.29) is 20.6 Å². The van der Waals surface area contributed by atoms with Gasteiger partial charge in [-0.2, -0.15) is 0 Å². The van der Waals surface area contributed by atoms with Crippen molar-refractivity contribution >= 4 is 56.2 Å². The molecule has 0 aliphatic carbocycles. The third-order valence-corrected chi connectivity index (χ3v) is 5.36. The SMILES string of the molecule is O=C(CS(=O)(=O)c1ccccc1Cl)Nc1ccc(Cl)cc1Cl. The first-order valence-electron chi connectivity index (χ1n) is 6.02. The van der Waals surface area contributed by atoms with Crippen LogP contribution in [0.5, 0.6) is 0 Å². The van der Waals surface area contributed by atoms with Crippen molar-refractivity contribution < 1.29 is 13.2 Å². The Balaban J connectivity index is 2.16. The van der Waals surface area contributed by atoms with E-state index < -0.39 is 21.5 Å². The predicted octanol–water partition coefficient (Wildman–Crippen LogP) is 4.06. The molecular weight excluding hydrogens is 369 g/mol. The summed E-state index contributed by atoms with van der Waals surface area (Å²) in [5.74, 6) is -1.46. The summed E-state index contributed by atoms with van der Waals surface area (Å²) in [5, 5.41) is 3.13. The summed E-state index contributed by atoms with van der Waals surface area (Å²) < 4.78 is 24.4. The van der Waals surface area contributed by atoms with E-state index in [1.54, 1.807) is 6.07 Å². The van der Waals surface area contributed by atoms with Gasteiger partial charge in [-0.1, -0.05) is 46.9 Å². The van der Waals surface area contributed by atoms with Gasteiger partial charge in [0.1, 0.15) is 5.75 Å². The zero-order chi connectivity index (χ0) is 16.3. The van der Waals surface area contributed by atoms with Crippen LogP contribution in [-0.4, -0.2) is 20.1 Å². The maximum absolute atomic E-state index is 12.2. The second-order valence-corrected chi connectivity index (χ2v) is 7.57. The van der Waals surface area contributed by atoms with Crippen LogP contribution in [0.25, 0.3) is 0 Å². The van der Waals surface area contributed by atoms with Gasteiger partial charge in [-0.3, -0.25) is 4.79 Å². The van der Waals surface area contributed by atoms with Crippen molar-refractivity contribution in [3.8, 4) is 0 Å². The molecule has 2 aromatic carbocycles. The Labute approximate surface area is 142 Å². The molecule has 0 aromatic heterocycles. The lowest BCUT2D eigenvalue weighted by Gasteiger charge is -2.09. The Morgan fingerprint density at radius 3 is 2.32 bits per heavy atom. The molecule has 0 atom stereocenters. The lowest BCUT2D eigenvalue weighted by molar-refractivity contribution is -0.113. The number of benzene rings is 2. The molecule has 0 heterocycles. The van der Waals surface area contributed by atoms with Crippen molar-refractivity contribution in [3.63, 3.8) is 0 Å². The molecule has 0 saturated carbocycles. The first-order chi connectivity index (χ1) is 10.3. The topological polar surface area (TPSA) is 63.2 Å². The van der Waals surface area contributed by atoms with Gasteiger partial charge >= 0.3 is 0 Å². The summed E-state index contributed by atoms with van der Waals surface area (Å²) in [6, 6.07) is 10.4.